The zero-order valence-corrected chi connectivity index (χ0v) is 12.3. The number of nitrogens with two attached hydrogens (primary N) is 1. The summed E-state index contributed by atoms with van der Waals surface area (Å²) in [5.41, 5.74) is 7.30. The van der Waals surface area contributed by atoms with E-state index < -0.39 is 17.6 Å². The molecular weight excluding hydrogens is 301 g/mol. The van der Waals surface area contributed by atoms with Crippen LogP contribution < -0.4 is 16.0 Å². The van der Waals surface area contributed by atoms with Crippen molar-refractivity contribution in [3.05, 3.63) is 29.8 Å². The van der Waals surface area contributed by atoms with Gasteiger partial charge in [-0.2, -0.15) is 0 Å². The Morgan fingerprint density at radius 1 is 1.35 bits per heavy atom. The van der Waals surface area contributed by atoms with Gasteiger partial charge in [0.25, 0.3) is 0 Å². The summed E-state index contributed by atoms with van der Waals surface area (Å²) in [5.74, 6) is -1.91. The number of carbonyl (C=O) groups excluding carboxylic acids is 2. The second kappa shape index (κ2) is 5.06. The summed E-state index contributed by atoms with van der Waals surface area (Å²) in [6, 6.07) is 3.15. The maximum atomic E-state index is 14.8. The van der Waals surface area contributed by atoms with E-state index in [0.29, 0.717) is 41.7 Å². The first kappa shape index (κ1) is 14.2. The van der Waals surface area contributed by atoms with Gasteiger partial charge in [0.05, 0.1) is 17.9 Å². The largest absolute Gasteiger partial charge is 0.462 e. The molecule has 2 aromatic rings. The van der Waals surface area contributed by atoms with Crippen molar-refractivity contribution >= 4 is 28.5 Å². The summed E-state index contributed by atoms with van der Waals surface area (Å²) < 4.78 is 20.3. The van der Waals surface area contributed by atoms with Crippen LogP contribution in [0.15, 0.2) is 22.8 Å². The lowest BCUT2D eigenvalue weighted by atomic mass is 9.87. The van der Waals surface area contributed by atoms with E-state index in [0.717, 1.165) is 0 Å². The number of imide groups is 1. The zero-order valence-electron chi connectivity index (χ0n) is 12.3. The van der Waals surface area contributed by atoms with Crippen LogP contribution in [0, 0.1) is 5.82 Å². The van der Waals surface area contributed by atoms with Crippen molar-refractivity contribution in [2.75, 3.05) is 18.0 Å². The van der Waals surface area contributed by atoms with E-state index in [2.05, 4.69) is 5.32 Å². The molecule has 2 amide bonds. The Morgan fingerprint density at radius 3 is 2.83 bits per heavy atom. The molecule has 4 rings (SSSR count). The van der Waals surface area contributed by atoms with Crippen LogP contribution in [0.3, 0.4) is 0 Å². The molecule has 3 N–H and O–H groups in total. The summed E-state index contributed by atoms with van der Waals surface area (Å²) in [7, 11) is 0. The molecule has 120 valence electrons. The van der Waals surface area contributed by atoms with Gasteiger partial charge in [-0.05, 0) is 12.5 Å². The summed E-state index contributed by atoms with van der Waals surface area (Å²) >= 11 is 0. The quantitative estimate of drug-likeness (QED) is 0.814. The number of rotatable bonds is 2. The Kier molecular flexibility index (Phi) is 3.12. The number of furan rings is 1. The van der Waals surface area contributed by atoms with Gasteiger partial charge in [-0.1, -0.05) is 0 Å². The van der Waals surface area contributed by atoms with E-state index in [1.807, 2.05) is 4.90 Å². The van der Waals surface area contributed by atoms with Gasteiger partial charge in [-0.25, -0.2) is 4.39 Å². The normalized spacial score (nSPS) is 22.3. The van der Waals surface area contributed by atoms with E-state index in [-0.39, 0.29) is 18.4 Å². The second-order valence-electron chi connectivity index (χ2n) is 6.12. The molecule has 1 aromatic heterocycles. The number of piperidine rings is 1. The van der Waals surface area contributed by atoms with E-state index in [1.54, 1.807) is 6.07 Å². The predicted molar refractivity (Wildman–Crippen MR) is 81.5 cm³/mol. The molecule has 7 heteroatoms. The van der Waals surface area contributed by atoms with Gasteiger partial charge in [-0.15, -0.1) is 0 Å². The van der Waals surface area contributed by atoms with Crippen LogP contribution >= 0.6 is 0 Å². The van der Waals surface area contributed by atoms with Crippen molar-refractivity contribution in [1.29, 1.82) is 0 Å². The Bertz CT molecular complexity index is 810. The fourth-order valence-corrected chi connectivity index (χ4v) is 3.38. The molecule has 6 nitrogen and oxygen atoms in total. The summed E-state index contributed by atoms with van der Waals surface area (Å²) in [4.78, 5) is 25.4. The molecule has 1 aromatic carbocycles. The lowest BCUT2D eigenvalue weighted by Crippen LogP contribution is -2.56. The highest BCUT2D eigenvalue weighted by Gasteiger charge is 2.34. The predicted octanol–water partition coefficient (Wildman–Crippen LogP) is 1.24. The minimum atomic E-state index is -0.680. The van der Waals surface area contributed by atoms with Gasteiger partial charge in [0.1, 0.15) is 5.82 Å². The maximum absolute atomic E-state index is 14.8. The van der Waals surface area contributed by atoms with Crippen molar-refractivity contribution in [3.8, 4) is 0 Å². The molecule has 0 radical (unpaired) electrons. The molecule has 3 heterocycles. The zero-order chi connectivity index (χ0) is 16.1. The average Bonchev–Trinajstić information content (AvgIpc) is 2.94. The number of halogens is 1. The molecule has 2 aliphatic heterocycles. The third-order valence-electron chi connectivity index (χ3n) is 4.55. The fourth-order valence-electron chi connectivity index (χ4n) is 3.38. The summed E-state index contributed by atoms with van der Waals surface area (Å²) in [6.07, 6.45) is 2.00. The lowest BCUT2D eigenvalue weighted by Gasteiger charge is -2.39. The van der Waals surface area contributed by atoms with Crippen LogP contribution in [-0.4, -0.2) is 30.9 Å². The van der Waals surface area contributed by atoms with Gasteiger partial charge < -0.3 is 15.1 Å². The number of anilines is 1. The Labute approximate surface area is 131 Å². The van der Waals surface area contributed by atoms with Crippen LogP contribution in [0.4, 0.5) is 10.1 Å². The molecule has 0 aliphatic carbocycles. The second-order valence-corrected chi connectivity index (χ2v) is 6.12. The molecule has 1 unspecified atom stereocenters. The van der Waals surface area contributed by atoms with Crippen LogP contribution in [0.1, 0.15) is 24.3 Å². The number of hydrogen-bond acceptors (Lipinski definition) is 5. The first-order chi connectivity index (χ1) is 11.0. The Hall–Kier alpha value is -2.41. The monoisotopic (exact) mass is 317 g/mol. The van der Waals surface area contributed by atoms with Crippen LogP contribution in [-0.2, 0) is 9.59 Å². The summed E-state index contributed by atoms with van der Waals surface area (Å²) in [6.45, 7) is 1.29. The molecule has 0 spiro atoms. The van der Waals surface area contributed by atoms with Gasteiger partial charge in [0.15, 0.2) is 5.58 Å². The standard InChI is InChI=1S/C16H16FN3O3/c17-11-5-12(20-6-8(18)7-20)15-9(3-4-23-15)14(11)10-1-2-13(21)19-16(10)22/h3-5,8,10H,1-2,6-7,18H2,(H,19,21,22). The minimum Gasteiger partial charge on any atom is -0.462 e. The van der Waals surface area contributed by atoms with E-state index >= 15 is 0 Å². The van der Waals surface area contributed by atoms with Crippen LogP contribution in [0.5, 0.6) is 0 Å². The molecule has 23 heavy (non-hydrogen) atoms. The first-order valence-corrected chi connectivity index (χ1v) is 7.58. The SMILES string of the molecule is NC1CN(c2cc(F)c(C3CCC(=O)NC3=O)c3ccoc23)C1. The third kappa shape index (κ3) is 2.19. The first-order valence-electron chi connectivity index (χ1n) is 7.58. The van der Waals surface area contributed by atoms with Crippen molar-refractivity contribution in [2.24, 2.45) is 5.73 Å². The minimum absolute atomic E-state index is 0.0814. The van der Waals surface area contributed by atoms with Crippen molar-refractivity contribution in [2.45, 2.75) is 24.8 Å². The number of fused-ring (bicyclic) bond motifs is 1. The van der Waals surface area contributed by atoms with Crippen molar-refractivity contribution in [3.63, 3.8) is 0 Å². The highest BCUT2D eigenvalue weighted by molar-refractivity contribution is 6.04. The van der Waals surface area contributed by atoms with E-state index in [4.69, 9.17) is 10.2 Å². The van der Waals surface area contributed by atoms with Gasteiger partial charge >= 0.3 is 0 Å². The molecule has 2 aliphatic rings. The number of benzene rings is 1. The Balaban J connectivity index is 1.81. The third-order valence-corrected chi connectivity index (χ3v) is 4.55. The molecule has 1 atom stereocenters. The van der Waals surface area contributed by atoms with Gasteiger partial charge in [-0.3, -0.25) is 14.9 Å². The van der Waals surface area contributed by atoms with Crippen LogP contribution in [0.2, 0.25) is 0 Å². The molecule has 2 fully saturated rings. The van der Waals surface area contributed by atoms with Crippen molar-refractivity contribution < 1.29 is 18.4 Å². The van der Waals surface area contributed by atoms with Gasteiger partial charge in [0, 0.05) is 42.6 Å². The number of nitrogens with zero attached hydrogens (tertiary/aromatic N) is 1. The average molecular weight is 317 g/mol. The number of nitrogens with one attached hydrogen (secondary N) is 1. The Morgan fingerprint density at radius 2 is 2.13 bits per heavy atom. The number of hydrogen-bond donors (Lipinski definition) is 2. The summed E-state index contributed by atoms with van der Waals surface area (Å²) in [5, 5.41) is 2.85. The van der Waals surface area contributed by atoms with Crippen LogP contribution in [0.25, 0.3) is 11.0 Å². The smallest absolute Gasteiger partial charge is 0.234 e. The number of amides is 2. The molecule has 0 bridgehead atoms. The van der Waals surface area contributed by atoms with Crippen molar-refractivity contribution in [1.82, 2.24) is 5.32 Å². The molecular formula is C16H16FN3O3. The lowest BCUT2D eigenvalue weighted by molar-refractivity contribution is -0.134. The highest BCUT2D eigenvalue weighted by atomic mass is 19.1. The van der Waals surface area contributed by atoms with E-state index in [9.17, 15) is 14.0 Å². The topological polar surface area (TPSA) is 88.6 Å². The fraction of sp³-hybridized carbons (Fsp3) is 0.375. The maximum Gasteiger partial charge on any atom is 0.234 e. The number of carbonyl (C=O) groups is 2. The van der Waals surface area contributed by atoms with E-state index in [1.165, 1.54) is 12.3 Å². The molecule has 2 saturated heterocycles. The van der Waals surface area contributed by atoms with Gasteiger partial charge in [0.2, 0.25) is 11.8 Å². The highest BCUT2D eigenvalue weighted by Crippen LogP contribution is 2.39. The molecule has 0 saturated carbocycles.